The second-order valence-corrected chi connectivity index (χ2v) is 23.4. The molecule has 0 aromatic heterocycles. The average molecular weight is 757 g/mol. The molecule has 1 aliphatic rings. The molecular weight excluding hydrogens is 705 g/mol. The van der Waals surface area contributed by atoms with E-state index in [2.05, 4.69) is 234 Å². The molecule has 0 radical (unpaired) electrons. The highest BCUT2D eigenvalue weighted by atomic mass is 28.3. The molecule has 0 saturated heterocycles. The minimum atomic E-state index is -1.46. The molecule has 0 heterocycles. The van der Waals surface area contributed by atoms with E-state index in [1.165, 1.54) is 71.6 Å². The Bertz CT molecular complexity index is 2660. The van der Waals surface area contributed by atoms with Gasteiger partial charge in [-0.05, 0) is 128 Å². The summed E-state index contributed by atoms with van der Waals surface area (Å²) in [6, 6.07) is 63.3. The fourth-order valence-electron chi connectivity index (χ4n) is 9.06. The lowest BCUT2D eigenvalue weighted by atomic mass is 9.79. The van der Waals surface area contributed by atoms with E-state index in [1.54, 1.807) is 0 Å². The fourth-order valence-corrected chi connectivity index (χ4v) is 10.2. The van der Waals surface area contributed by atoms with Gasteiger partial charge in [0.05, 0.1) is 8.07 Å². The summed E-state index contributed by atoms with van der Waals surface area (Å²) in [5.41, 5.74) is 13.6. The van der Waals surface area contributed by atoms with E-state index >= 15 is 0 Å². The first-order chi connectivity index (χ1) is 27.3. The summed E-state index contributed by atoms with van der Waals surface area (Å²) in [5, 5.41) is 6.65. The van der Waals surface area contributed by atoms with Crippen molar-refractivity contribution >= 4 is 68.9 Å². The Morgan fingerprint density at radius 1 is 0.439 bits per heavy atom. The molecule has 0 atom stereocenters. The maximum absolute atomic E-state index is 2.47. The Kier molecular flexibility index (Phi) is 8.79. The number of para-hydroxylation sites is 2. The van der Waals surface area contributed by atoms with Gasteiger partial charge in [0.15, 0.2) is 0 Å². The molecule has 282 valence electrons. The van der Waals surface area contributed by atoms with Crippen LogP contribution in [0.15, 0.2) is 170 Å². The van der Waals surface area contributed by atoms with Gasteiger partial charge in [-0.1, -0.05) is 157 Å². The zero-order valence-corrected chi connectivity index (χ0v) is 35.6. The molecule has 0 aliphatic heterocycles. The van der Waals surface area contributed by atoms with Crippen molar-refractivity contribution in [1.82, 2.24) is 0 Å². The molecule has 0 spiro atoms. The minimum Gasteiger partial charge on any atom is -0.310 e. The smallest absolute Gasteiger partial charge is 0.0775 e. The Hall–Kier alpha value is -5.90. The molecule has 0 saturated carbocycles. The van der Waals surface area contributed by atoms with Crippen LogP contribution in [-0.2, 0) is 10.8 Å². The lowest BCUT2D eigenvalue weighted by Gasteiger charge is -2.30. The van der Waals surface area contributed by atoms with E-state index in [0.29, 0.717) is 0 Å². The molecule has 0 unspecified atom stereocenters. The van der Waals surface area contributed by atoms with E-state index in [9.17, 15) is 0 Å². The largest absolute Gasteiger partial charge is 0.310 e. The van der Waals surface area contributed by atoms with Crippen molar-refractivity contribution in [3.05, 3.63) is 187 Å². The van der Waals surface area contributed by atoms with Crippen molar-refractivity contribution in [3.8, 4) is 11.1 Å². The highest BCUT2D eigenvalue weighted by Gasteiger charge is 2.39. The number of nitrogens with zero attached hydrogens (tertiary/aromatic N) is 2. The molecule has 0 fully saturated rings. The zero-order chi connectivity index (χ0) is 39.7. The highest BCUT2D eigenvalue weighted by Crippen LogP contribution is 2.56. The van der Waals surface area contributed by atoms with Gasteiger partial charge in [0.2, 0.25) is 0 Å². The minimum absolute atomic E-state index is 0.0827. The number of hydrogen-bond donors (Lipinski definition) is 0. The third-order valence-electron chi connectivity index (χ3n) is 12.1. The summed E-state index contributed by atoms with van der Waals surface area (Å²) in [6.07, 6.45) is 0. The Morgan fingerprint density at radius 2 is 0.912 bits per heavy atom. The number of hydrogen-bond acceptors (Lipinski definition) is 2. The van der Waals surface area contributed by atoms with Crippen LogP contribution >= 0.6 is 0 Å². The molecule has 8 aromatic carbocycles. The van der Waals surface area contributed by atoms with Gasteiger partial charge >= 0.3 is 0 Å². The van der Waals surface area contributed by atoms with Crippen molar-refractivity contribution < 1.29 is 0 Å². The van der Waals surface area contributed by atoms with Gasteiger partial charge in [-0.2, -0.15) is 0 Å². The topological polar surface area (TPSA) is 6.48 Å². The van der Waals surface area contributed by atoms with Gasteiger partial charge in [0.25, 0.3) is 0 Å². The van der Waals surface area contributed by atoms with Crippen molar-refractivity contribution in [1.29, 1.82) is 0 Å². The van der Waals surface area contributed by atoms with Crippen molar-refractivity contribution in [3.63, 3.8) is 0 Å². The summed E-state index contributed by atoms with van der Waals surface area (Å²) in [7, 11) is -1.46. The second-order valence-electron chi connectivity index (χ2n) is 18.3. The molecule has 0 bridgehead atoms. The predicted octanol–water partition coefficient (Wildman–Crippen LogP) is 15.1. The molecule has 3 heteroatoms. The molecule has 0 amide bonds. The standard InChI is InChI=1S/C54H52N2Si/c1-53(2,3)37-23-25-40(26-24-37)56(41-27-31-44(32-28-41)57(6,7)8)43-30-34-48-50(36-43)54(4,5)52-47-33-29-42(35-49(47)45-21-15-16-22-46(45)51(48)52)55(38-17-11-9-12-18-38)39-19-13-10-14-20-39/h9-36H,1-8H3. The summed E-state index contributed by atoms with van der Waals surface area (Å²) in [6.45, 7) is 19.0. The van der Waals surface area contributed by atoms with Crippen LogP contribution in [0.1, 0.15) is 51.3 Å². The first kappa shape index (κ1) is 36.7. The molecule has 1 aliphatic carbocycles. The van der Waals surface area contributed by atoms with Crippen LogP contribution in [0, 0.1) is 0 Å². The Labute approximate surface area is 340 Å². The first-order valence-corrected chi connectivity index (χ1v) is 23.9. The van der Waals surface area contributed by atoms with Crippen LogP contribution in [0.5, 0.6) is 0 Å². The van der Waals surface area contributed by atoms with E-state index in [-0.39, 0.29) is 10.8 Å². The van der Waals surface area contributed by atoms with Crippen molar-refractivity contribution in [2.75, 3.05) is 9.80 Å². The lowest BCUT2D eigenvalue weighted by Crippen LogP contribution is -2.37. The maximum atomic E-state index is 2.47. The van der Waals surface area contributed by atoms with Crippen LogP contribution in [-0.4, -0.2) is 8.07 Å². The van der Waals surface area contributed by atoms with Gasteiger partial charge in [-0.15, -0.1) is 0 Å². The third kappa shape index (κ3) is 6.35. The van der Waals surface area contributed by atoms with Gasteiger partial charge in [-0.3, -0.25) is 0 Å². The lowest BCUT2D eigenvalue weighted by molar-refractivity contribution is 0.590. The van der Waals surface area contributed by atoms with Crippen molar-refractivity contribution in [2.45, 2.75) is 65.1 Å². The summed E-state index contributed by atoms with van der Waals surface area (Å²) >= 11 is 0. The predicted molar refractivity (Wildman–Crippen MR) is 250 cm³/mol. The van der Waals surface area contributed by atoms with Crippen LogP contribution in [0.3, 0.4) is 0 Å². The molecule has 2 nitrogen and oxygen atoms in total. The normalized spacial score (nSPS) is 13.4. The summed E-state index contributed by atoms with van der Waals surface area (Å²) in [4.78, 5) is 4.82. The van der Waals surface area contributed by atoms with E-state index in [1.807, 2.05) is 0 Å². The average Bonchev–Trinajstić information content (AvgIpc) is 3.45. The Morgan fingerprint density at radius 3 is 1.47 bits per heavy atom. The number of benzene rings is 8. The number of anilines is 6. The third-order valence-corrected chi connectivity index (χ3v) is 14.2. The summed E-state index contributed by atoms with van der Waals surface area (Å²) in [5.74, 6) is 0. The molecule has 9 rings (SSSR count). The maximum Gasteiger partial charge on any atom is 0.0775 e. The number of rotatable bonds is 7. The van der Waals surface area contributed by atoms with E-state index in [4.69, 9.17) is 0 Å². The van der Waals surface area contributed by atoms with Crippen LogP contribution < -0.4 is 15.0 Å². The van der Waals surface area contributed by atoms with Gasteiger partial charge in [-0.25, -0.2) is 0 Å². The monoisotopic (exact) mass is 756 g/mol. The van der Waals surface area contributed by atoms with Crippen LogP contribution in [0.25, 0.3) is 32.7 Å². The van der Waals surface area contributed by atoms with E-state index in [0.717, 1.165) is 17.1 Å². The van der Waals surface area contributed by atoms with Gasteiger partial charge in [0.1, 0.15) is 0 Å². The van der Waals surface area contributed by atoms with E-state index < -0.39 is 8.07 Å². The molecule has 8 aromatic rings. The highest BCUT2D eigenvalue weighted by molar-refractivity contribution is 6.88. The second kappa shape index (κ2) is 13.6. The molecule has 57 heavy (non-hydrogen) atoms. The first-order valence-electron chi connectivity index (χ1n) is 20.4. The SMILES string of the molecule is CC(C)(C)c1ccc(N(c2ccc([Si](C)(C)C)cc2)c2ccc3c(c2)C(C)(C)c2c-3c3ccccc3c3cc(N(c4ccccc4)c4ccccc4)ccc23)cc1. The fraction of sp³-hybridized carbons (Fsp3) is 0.185. The summed E-state index contributed by atoms with van der Waals surface area (Å²) < 4.78 is 0. The van der Waals surface area contributed by atoms with Gasteiger partial charge in [0, 0.05) is 39.5 Å². The van der Waals surface area contributed by atoms with Crippen LogP contribution in [0.4, 0.5) is 34.1 Å². The zero-order valence-electron chi connectivity index (χ0n) is 34.6. The van der Waals surface area contributed by atoms with Gasteiger partial charge < -0.3 is 9.80 Å². The Balaban J connectivity index is 1.22. The van der Waals surface area contributed by atoms with Crippen molar-refractivity contribution in [2.24, 2.45) is 0 Å². The molecule has 0 N–H and O–H groups in total. The van der Waals surface area contributed by atoms with Crippen LogP contribution in [0.2, 0.25) is 19.6 Å². The number of fused-ring (bicyclic) bond motifs is 8. The quantitative estimate of drug-likeness (QED) is 0.118. The molecular formula is C54H52N2Si.